The van der Waals surface area contributed by atoms with Crippen molar-refractivity contribution in [2.24, 2.45) is 5.73 Å². The number of halogens is 5. The van der Waals surface area contributed by atoms with Crippen LogP contribution in [-0.4, -0.2) is 0 Å². The second kappa shape index (κ2) is 5.11. The molecule has 1 aromatic carbocycles. The molecule has 2 N–H and O–H groups in total. The zero-order chi connectivity index (χ0) is 14.2. The molecule has 102 valence electrons. The first kappa shape index (κ1) is 14.3. The molecule has 7 heteroatoms. The third-order valence-corrected chi connectivity index (χ3v) is 3.88. The van der Waals surface area contributed by atoms with Crippen LogP contribution in [0.1, 0.15) is 22.0 Å². The molecule has 2 aromatic rings. The lowest BCUT2D eigenvalue weighted by Gasteiger charge is -2.15. The van der Waals surface area contributed by atoms with E-state index in [1.54, 1.807) is 12.1 Å². The van der Waals surface area contributed by atoms with E-state index in [-0.39, 0.29) is 5.56 Å². The maximum Gasteiger partial charge on any atom is 0.419 e. The molecule has 2 rings (SSSR count). The fraction of sp³-hybridized carbons (Fsp3) is 0.167. The summed E-state index contributed by atoms with van der Waals surface area (Å²) in [5.74, 6) is -1.34. The Bertz CT molecular complexity index is 594. The predicted octanol–water partition coefficient (Wildman–Crippen LogP) is 4.61. The molecule has 1 atom stereocenters. The molecular formula is C12H8ClF4NS. The number of alkyl halides is 3. The molecule has 0 fully saturated rings. The van der Waals surface area contributed by atoms with Crippen LogP contribution in [0.2, 0.25) is 4.34 Å². The molecule has 0 radical (unpaired) electrons. The maximum atomic E-state index is 13.9. The van der Waals surface area contributed by atoms with Crippen LogP contribution in [0.5, 0.6) is 0 Å². The molecule has 0 aliphatic carbocycles. The molecule has 0 amide bonds. The van der Waals surface area contributed by atoms with Gasteiger partial charge < -0.3 is 5.73 Å². The molecular weight excluding hydrogens is 302 g/mol. The number of nitrogens with two attached hydrogens (primary N) is 1. The van der Waals surface area contributed by atoms with Gasteiger partial charge in [-0.2, -0.15) is 13.2 Å². The molecule has 0 aliphatic rings. The van der Waals surface area contributed by atoms with E-state index in [2.05, 4.69) is 0 Å². The first-order chi connectivity index (χ1) is 8.80. The quantitative estimate of drug-likeness (QED) is 0.806. The van der Waals surface area contributed by atoms with Gasteiger partial charge >= 0.3 is 6.18 Å². The van der Waals surface area contributed by atoms with Crippen molar-refractivity contribution in [3.05, 3.63) is 56.5 Å². The Balaban J connectivity index is 2.46. The summed E-state index contributed by atoms with van der Waals surface area (Å²) in [5, 5.41) is 0. The number of thiophene rings is 1. The smallest absolute Gasteiger partial charge is 0.320 e. The summed E-state index contributed by atoms with van der Waals surface area (Å²) in [5.41, 5.74) is 4.27. The second-order valence-electron chi connectivity index (χ2n) is 3.83. The number of hydrogen-bond donors (Lipinski definition) is 1. The van der Waals surface area contributed by atoms with Gasteiger partial charge in [0.05, 0.1) is 15.9 Å². The van der Waals surface area contributed by atoms with Gasteiger partial charge in [0.25, 0.3) is 0 Å². The average molecular weight is 310 g/mol. The van der Waals surface area contributed by atoms with Gasteiger partial charge in [-0.15, -0.1) is 11.3 Å². The lowest BCUT2D eigenvalue weighted by atomic mass is 10.0. The normalized spacial score (nSPS) is 13.6. The number of benzene rings is 1. The second-order valence-corrected chi connectivity index (χ2v) is 5.57. The van der Waals surface area contributed by atoms with Crippen LogP contribution in [0.15, 0.2) is 30.3 Å². The van der Waals surface area contributed by atoms with Crippen LogP contribution in [0.4, 0.5) is 17.6 Å². The van der Waals surface area contributed by atoms with Crippen LogP contribution in [-0.2, 0) is 6.18 Å². The average Bonchev–Trinajstić information content (AvgIpc) is 2.74. The minimum atomic E-state index is -4.74. The topological polar surface area (TPSA) is 26.0 Å². The summed E-state index contributed by atoms with van der Waals surface area (Å²) >= 11 is 6.83. The highest BCUT2D eigenvalue weighted by molar-refractivity contribution is 7.16. The molecule has 1 aromatic heterocycles. The molecule has 1 unspecified atom stereocenters. The third-order valence-electron chi connectivity index (χ3n) is 2.57. The van der Waals surface area contributed by atoms with Crippen molar-refractivity contribution in [1.82, 2.24) is 0 Å². The van der Waals surface area contributed by atoms with Gasteiger partial charge in [-0.3, -0.25) is 0 Å². The third kappa shape index (κ3) is 2.91. The van der Waals surface area contributed by atoms with Gasteiger partial charge in [-0.25, -0.2) is 4.39 Å². The van der Waals surface area contributed by atoms with Crippen molar-refractivity contribution in [1.29, 1.82) is 0 Å². The fourth-order valence-electron chi connectivity index (χ4n) is 1.66. The molecule has 0 aliphatic heterocycles. The van der Waals surface area contributed by atoms with Crippen LogP contribution < -0.4 is 5.73 Å². The Kier molecular flexibility index (Phi) is 3.85. The minimum Gasteiger partial charge on any atom is -0.320 e. The summed E-state index contributed by atoms with van der Waals surface area (Å²) < 4.78 is 52.1. The van der Waals surface area contributed by atoms with Crippen LogP contribution in [0, 0.1) is 5.82 Å². The van der Waals surface area contributed by atoms with E-state index in [0.29, 0.717) is 15.3 Å². The van der Waals surface area contributed by atoms with Crippen molar-refractivity contribution in [2.75, 3.05) is 0 Å². The highest BCUT2D eigenvalue weighted by Gasteiger charge is 2.35. The van der Waals surface area contributed by atoms with Crippen molar-refractivity contribution < 1.29 is 17.6 Å². The lowest BCUT2D eigenvalue weighted by Crippen LogP contribution is -2.16. The molecule has 1 heterocycles. The Morgan fingerprint density at radius 3 is 2.37 bits per heavy atom. The number of rotatable bonds is 2. The molecule has 0 spiro atoms. The number of hydrogen-bond acceptors (Lipinski definition) is 2. The SMILES string of the molecule is NC(c1ccc(Cl)s1)c1cccc(C(F)(F)F)c1F. The summed E-state index contributed by atoms with van der Waals surface area (Å²) in [6.45, 7) is 0. The standard InChI is InChI=1S/C12H8ClF4NS/c13-9-5-4-8(19-9)11(18)6-2-1-3-7(10(6)14)12(15,16)17/h1-5,11H,18H2. The van der Waals surface area contributed by atoms with E-state index in [1.807, 2.05) is 0 Å². The molecule has 0 bridgehead atoms. The fourth-order valence-corrected chi connectivity index (χ4v) is 2.74. The highest BCUT2D eigenvalue weighted by atomic mass is 35.5. The van der Waals surface area contributed by atoms with Gasteiger partial charge in [0.15, 0.2) is 0 Å². The Labute approximate surface area is 115 Å². The monoisotopic (exact) mass is 309 g/mol. The van der Waals surface area contributed by atoms with Gasteiger partial charge in [-0.1, -0.05) is 23.7 Å². The Hall–Kier alpha value is -1.11. The molecule has 0 saturated carbocycles. The molecule has 1 nitrogen and oxygen atoms in total. The predicted molar refractivity (Wildman–Crippen MR) is 66.8 cm³/mol. The van der Waals surface area contributed by atoms with E-state index < -0.39 is 23.6 Å². The summed E-state index contributed by atoms with van der Waals surface area (Å²) in [4.78, 5) is 0.503. The van der Waals surface area contributed by atoms with Crippen LogP contribution >= 0.6 is 22.9 Å². The Morgan fingerprint density at radius 2 is 1.84 bits per heavy atom. The Morgan fingerprint density at radius 1 is 1.16 bits per heavy atom. The minimum absolute atomic E-state index is 0.201. The summed E-state index contributed by atoms with van der Waals surface area (Å²) in [6, 6.07) is 5.22. The largest absolute Gasteiger partial charge is 0.419 e. The first-order valence-electron chi connectivity index (χ1n) is 5.17. The van der Waals surface area contributed by atoms with Gasteiger partial charge in [0.1, 0.15) is 5.82 Å². The summed E-state index contributed by atoms with van der Waals surface area (Å²) in [6.07, 6.45) is -4.74. The van der Waals surface area contributed by atoms with Crippen molar-refractivity contribution >= 4 is 22.9 Å². The highest BCUT2D eigenvalue weighted by Crippen LogP contribution is 2.36. The van der Waals surface area contributed by atoms with Crippen LogP contribution in [0.3, 0.4) is 0 Å². The van der Waals surface area contributed by atoms with E-state index in [1.165, 1.54) is 6.07 Å². The zero-order valence-corrected chi connectivity index (χ0v) is 10.9. The summed E-state index contributed by atoms with van der Waals surface area (Å²) in [7, 11) is 0. The van der Waals surface area contributed by atoms with Crippen LogP contribution in [0.25, 0.3) is 0 Å². The molecule has 19 heavy (non-hydrogen) atoms. The van der Waals surface area contributed by atoms with E-state index in [4.69, 9.17) is 17.3 Å². The van der Waals surface area contributed by atoms with Crippen molar-refractivity contribution in [3.63, 3.8) is 0 Å². The molecule has 0 saturated heterocycles. The van der Waals surface area contributed by atoms with Gasteiger partial charge in [-0.05, 0) is 18.2 Å². The van der Waals surface area contributed by atoms with Crippen molar-refractivity contribution in [2.45, 2.75) is 12.2 Å². The van der Waals surface area contributed by atoms with Crippen molar-refractivity contribution in [3.8, 4) is 0 Å². The first-order valence-corrected chi connectivity index (χ1v) is 6.36. The van der Waals surface area contributed by atoms with Gasteiger partial charge in [0.2, 0.25) is 0 Å². The maximum absolute atomic E-state index is 13.9. The van der Waals surface area contributed by atoms with E-state index >= 15 is 0 Å². The zero-order valence-electron chi connectivity index (χ0n) is 9.34. The van der Waals surface area contributed by atoms with E-state index in [0.717, 1.165) is 17.4 Å². The lowest BCUT2D eigenvalue weighted by molar-refractivity contribution is -0.140. The van der Waals surface area contributed by atoms with E-state index in [9.17, 15) is 17.6 Å². The van der Waals surface area contributed by atoms with Gasteiger partial charge in [0, 0.05) is 10.4 Å².